The van der Waals surface area contributed by atoms with Crippen molar-refractivity contribution in [2.24, 2.45) is 0 Å². The summed E-state index contributed by atoms with van der Waals surface area (Å²) < 4.78 is 6.47. The van der Waals surface area contributed by atoms with Gasteiger partial charge in [0.1, 0.15) is 23.3 Å². The Hall–Kier alpha value is -0.880. The van der Waals surface area contributed by atoms with Crippen molar-refractivity contribution in [1.29, 1.82) is 0 Å². The van der Waals surface area contributed by atoms with Crippen molar-refractivity contribution >= 4 is 34.2 Å². The highest BCUT2D eigenvalue weighted by Crippen LogP contribution is 2.36. The van der Waals surface area contributed by atoms with Gasteiger partial charge in [-0.1, -0.05) is 29.8 Å². The van der Waals surface area contributed by atoms with Gasteiger partial charge < -0.3 is 4.74 Å². The predicted octanol–water partition coefficient (Wildman–Crippen LogP) is 3.26. The van der Waals surface area contributed by atoms with Crippen LogP contribution >= 0.6 is 34.2 Å². The Morgan fingerprint density at radius 2 is 2.18 bits per heavy atom. The predicted molar refractivity (Wildman–Crippen MR) is 73.5 cm³/mol. The summed E-state index contributed by atoms with van der Waals surface area (Å²) in [4.78, 5) is 8.66. The van der Waals surface area contributed by atoms with E-state index in [1.54, 1.807) is 6.20 Å². The summed E-state index contributed by atoms with van der Waals surface area (Å²) in [5.74, 6) is 1.72. The highest BCUT2D eigenvalue weighted by atomic mass is 127. The van der Waals surface area contributed by atoms with E-state index in [4.69, 9.17) is 16.3 Å². The van der Waals surface area contributed by atoms with Gasteiger partial charge in [0.25, 0.3) is 0 Å². The number of ether oxygens (including phenoxy) is 1. The molecule has 3 rings (SSSR count). The van der Waals surface area contributed by atoms with Gasteiger partial charge in [0, 0.05) is 11.8 Å². The van der Waals surface area contributed by atoms with Crippen LogP contribution in [0.1, 0.15) is 17.3 Å². The monoisotopic (exact) mass is 358 g/mol. The maximum Gasteiger partial charge on any atom is 0.146 e. The number of nitrogens with zero attached hydrogens (tertiary/aromatic N) is 2. The zero-order valence-corrected chi connectivity index (χ0v) is 11.6. The minimum absolute atomic E-state index is 0.0840. The maximum atomic E-state index is 6.02. The van der Waals surface area contributed by atoms with Crippen LogP contribution in [0.2, 0.25) is 5.15 Å². The van der Waals surface area contributed by atoms with Gasteiger partial charge in [0.2, 0.25) is 0 Å². The number of fused-ring (bicyclic) bond motifs is 1. The SMILES string of the molecule is Clc1nc(C2COc3ccccc32)ncc1I. The topological polar surface area (TPSA) is 35.0 Å². The zero-order valence-electron chi connectivity index (χ0n) is 8.73. The second kappa shape index (κ2) is 4.42. The molecule has 1 aromatic carbocycles. The van der Waals surface area contributed by atoms with Crippen molar-refractivity contribution in [1.82, 2.24) is 9.97 Å². The molecule has 1 atom stereocenters. The Morgan fingerprint density at radius 3 is 3.00 bits per heavy atom. The second-order valence-corrected chi connectivity index (χ2v) is 5.29. The van der Waals surface area contributed by atoms with Gasteiger partial charge in [-0.3, -0.25) is 0 Å². The molecule has 1 aliphatic heterocycles. The van der Waals surface area contributed by atoms with Crippen LogP contribution < -0.4 is 4.74 Å². The third-order valence-electron chi connectivity index (χ3n) is 2.73. The molecule has 1 aromatic heterocycles. The molecule has 0 N–H and O–H groups in total. The standard InChI is InChI=1S/C12H8ClIN2O/c13-11-9(14)5-15-12(16-11)8-6-17-10-4-2-1-3-7(8)10/h1-5,8H,6H2. The van der Waals surface area contributed by atoms with E-state index in [0.29, 0.717) is 11.8 Å². The molecule has 1 aliphatic rings. The second-order valence-electron chi connectivity index (χ2n) is 3.77. The molecule has 2 heterocycles. The summed E-state index contributed by atoms with van der Waals surface area (Å²) in [5.41, 5.74) is 1.13. The molecule has 0 radical (unpaired) electrons. The van der Waals surface area contributed by atoms with Crippen LogP contribution in [0.3, 0.4) is 0 Å². The molecule has 1 unspecified atom stereocenters. The van der Waals surface area contributed by atoms with Gasteiger partial charge in [-0.2, -0.15) is 0 Å². The number of hydrogen-bond acceptors (Lipinski definition) is 3. The first kappa shape index (κ1) is 11.2. The first-order valence-electron chi connectivity index (χ1n) is 5.15. The first-order valence-corrected chi connectivity index (χ1v) is 6.61. The Kier molecular flexibility index (Phi) is 2.92. The van der Waals surface area contributed by atoms with E-state index in [9.17, 15) is 0 Å². The van der Waals surface area contributed by atoms with Crippen molar-refractivity contribution in [2.45, 2.75) is 5.92 Å². The molecule has 86 valence electrons. The maximum absolute atomic E-state index is 6.02. The largest absolute Gasteiger partial charge is 0.492 e. The molecule has 17 heavy (non-hydrogen) atoms. The summed E-state index contributed by atoms with van der Waals surface area (Å²) in [6, 6.07) is 7.96. The summed E-state index contributed by atoms with van der Waals surface area (Å²) in [5, 5.41) is 0.500. The lowest BCUT2D eigenvalue weighted by Crippen LogP contribution is -2.08. The molecular weight excluding hydrogens is 351 g/mol. The normalized spacial score (nSPS) is 17.6. The lowest BCUT2D eigenvalue weighted by atomic mass is 10.0. The minimum atomic E-state index is 0.0840. The minimum Gasteiger partial charge on any atom is -0.492 e. The molecule has 0 fully saturated rings. The smallest absolute Gasteiger partial charge is 0.146 e. The van der Waals surface area contributed by atoms with Crippen LogP contribution in [0.4, 0.5) is 0 Å². The summed E-state index contributed by atoms with van der Waals surface area (Å²) in [6.45, 7) is 0.580. The highest BCUT2D eigenvalue weighted by molar-refractivity contribution is 14.1. The highest BCUT2D eigenvalue weighted by Gasteiger charge is 2.27. The van der Waals surface area contributed by atoms with Crippen molar-refractivity contribution in [3.05, 3.63) is 50.6 Å². The quantitative estimate of drug-likeness (QED) is 0.580. The van der Waals surface area contributed by atoms with Crippen LogP contribution in [-0.4, -0.2) is 16.6 Å². The van der Waals surface area contributed by atoms with Gasteiger partial charge >= 0.3 is 0 Å². The molecule has 2 aromatic rings. The Bertz CT molecular complexity index is 576. The fraction of sp³-hybridized carbons (Fsp3) is 0.167. The van der Waals surface area contributed by atoms with Gasteiger partial charge in [0.15, 0.2) is 0 Å². The van der Waals surface area contributed by atoms with E-state index in [1.165, 1.54) is 0 Å². The van der Waals surface area contributed by atoms with Crippen molar-refractivity contribution in [2.75, 3.05) is 6.61 Å². The number of hydrogen-bond donors (Lipinski definition) is 0. The van der Waals surface area contributed by atoms with Crippen LogP contribution in [0, 0.1) is 3.57 Å². The molecular formula is C12H8ClIN2O. The lowest BCUT2D eigenvalue weighted by molar-refractivity contribution is 0.339. The Balaban J connectivity index is 2.04. The molecule has 5 heteroatoms. The molecule has 3 nitrogen and oxygen atoms in total. The summed E-state index contributed by atoms with van der Waals surface area (Å²) in [7, 11) is 0. The number of halogens is 2. The van der Waals surface area contributed by atoms with Gasteiger partial charge in [-0.25, -0.2) is 9.97 Å². The van der Waals surface area contributed by atoms with E-state index in [2.05, 4.69) is 32.6 Å². The van der Waals surface area contributed by atoms with Crippen LogP contribution in [-0.2, 0) is 0 Å². The van der Waals surface area contributed by atoms with Crippen molar-refractivity contribution < 1.29 is 4.74 Å². The number of benzene rings is 1. The average Bonchev–Trinajstić information content (AvgIpc) is 2.76. The van der Waals surface area contributed by atoms with E-state index < -0.39 is 0 Å². The number of aromatic nitrogens is 2. The van der Waals surface area contributed by atoms with Crippen LogP contribution in [0.5, 0.6) is 5.75 Å². The van der Waals surface area contributed by atoms with Crippen LogP contribution in [0.25, 0.3) is 0 Å². The van der Waals surface area contributed by atoms with Crippen molar-refractivity contribution in [3.8, 4) is 5.75 Å². The van der Waals surface area contributed by atoms with Gasteiger partial charge in [-0.15, -0.1) is 0 Å². The molecule has 0 aliphatic carbocycles. The Morgan fingerprint density at radius 1 is 1.35 bits per heavy atom. The van der Waals surface area contributed by atoms with Crippen molar-refractivity contribution in [3.63, 3.8) is 0 Å². The Labute approximate surface area is 117 Å². The van der Waals surface area contributed by atoms with Gasteiger partial charge in [0.05, 0.1) is 9.49 Å². The van der Waals surface area contributed by atoms with E-state index in [1.807, 2.05) is 24.3 Å². The summed E-state index contributed by atoms with van der Waals surface area (Å²) >= 11 is 8.14. The first-order chi connectivity index (χ1) is 8.25. The molecule has 0 saturated carbocycles. The fourth-order valence-corrected chi connectivity index (χ4v) is 2.30. The van der Waals surface area contributed by atoms with Gasteiger partial charge in [-0.05, 0) is 28.7 Å². The summed E-state index contributed by atoms with van der Waals surface area (Å²) in [6.07, 6.45) is 1.74. The lowest BCUT2D eigenvalue weighted by Gasteiger charge is -2.07. The molecule has 0 saturated heterocycles. The van der Waals surface area contributed by atoms with Crippen LogP contribution in [0.15, 0.2) is 30.5 Å². The molecule has 0 spiro atoms. The van der Waals surface area contributed by atoms with E-state index in [-0.39, 0.29) is 5.92 Å². The third kappa shape index (κ3) is 1.99. The number of para-hydroxylation sites is 1. The fourth-order valence-electron chi connectivity index (χ4n) is 1.90. The van der Waals surface area contributed by atoms with E-state index in [0.717, 1.165) is 20.7 Å². The number of rotatable bonds is 1. The zero-order chi connectivity index (χ0) is 11.8. The molecule has 0 amide bonds. The molecule has 0 bridgehead atoms. The third-order valence-corrected chi connectivity index (χ3v) is 4.13. The van der Waals surface area contributed by atoms with E-state index >= 15 is 0 Å². The average molecular weight is 359 g/mol.